The molecule has 118 valence electrons. The van der Waals surface area contributed by atoms with E-state index in [0.717, 1.165) is 0 Å². The van der Waals surface area contributed by atoms with Crippen molar-refractivity contribution in [1.29, 1.82) is 0 Å². The zero-order valence-corrected chi connectivity index (χ0v) is 12.4. The molecule has 0 spiro atoms. The summed E-state index contributed by atoms with van der Waals surface area (Å²) < 4.78 is 36.4. The maximum Gasteiger partial charge on any atom is 0.215 e. The second-order valence-electron chi connectivity index (χ2n) is 5.05. The van der Waals surface area contributed by atoms with Gasteiger partial charge in [0.15, 0.2) is 0 Å². The van der Waals surface area contributed by atoms with E-state index in [-0.39, 0.29) is 25.5 Å². The van der Waals surface area contributed by atoms with Gasteiger partial charge in [-0.05, 0) is 12.1 Å². The number of hydrogen-bond donors (Lipinski definition) is 3. The fourth-order valence-electron chi connectivity index (χ4n) is 1.93. The van der Waals surface area contributed by atoms with Gasteiger partial charge in [-0.3, -0.25) is 0 Å². The molecule has 4 N–H and O–H groups in total. The quantitative estimate of drug-likeness (QED) is 0.597. The highest BCUT2D eigenvalue weighted by Crippen LogP contribution is 2.20. The van der Waals surface area contributed by atoms with Crippen LogP contribution < -0.4 is 15.2 Å². The summed E-state index contributed by atoms with van der Waals surface area (Å²) in [4.78, 5) is 0. The molecule has 21 heavy (non-hydrogen) atoms. The Hall–Kier alpha value is -1.35. The molecule has 8 heteroatoms. The zero-order chi connectivity index (χ0) is 15.3. The van der Waals surface area contributed by atoms with Crippen molar-refractivity contribution in [1.82, 2.24) is 4.72 Å². The van der Waals surface area contributed by atoms with Crippen LogP contribution in [0.3, 0.4) is 0 Å². The molecule has 1 atom stereocenters. The smallest absolute Gasteiger partial charge is 0.215 e. The summed E-state index contributed by atoms with van der Waals surface area (Å²) in [6.45, 7) is 0.516. The maximum atomic E-state index is 11.8. The van der Waals surface area contributed by atoms with Crippen LogP contribution in [0.1, 0.15) is 6.42 Å². The van der Waals surface area contributed by atoms with Gasteiger partial charge in [0.1, 0.15) is 18.0 Å². The molecule has 1 aromatic carbocycles. The van der Waals surface area contributed by atoms with Crippen molar-refractivity contribution >= 4 is 15.7 Å². The van der Waals surface area contributed by atoms with E-state index in [0.29, 0.717) is 24.5 Å². The molecule has 1 aliphatic rings. The highest BCUT2D eigenvalue weighted by atomic mass is 32.2. The van der Waals surface area contributed by atoms with E-state index in [1.54, 1.807) is 24.3 Å². The van der Waals surface area contributed by atoms with E-state index >= 15 is 0 Å². The van der Waals surface area contributed by atoms with Crippen LogP contribution >= 0.6 is 0 Å². The molecule has 0 aliphatic carbocycles. The van der Waals surface area contributed by atoms with Crippen LogP contribution in [0.2, 0.25) is 0 Å². The van der Waals surface area contributed by atoms with Gasteiger partial charge in [-0.25, -0.2) is 13.1 Å². The first-order valence-corrected chi connectivity index (χ1v) is 8.30. The number of benzene rings is 1. The first-order valence-electron chi connectivity index (χ1n) is 6.65. The first-order chi connectivity index (χ1) is 9.90. The molecular weight excluding hydrogens is 296 g/mol. The molecule has 1 aromatic rings. The van der Waals surface area contributed by atoms with Crippen molar-refractivity contribution in [2.45, 2.75) is 12.0 Å². The molecule has 0 saturated carbocycles. The van der Waals surface area contributed by atoms with E-state index in [1.165, 1.54) is 0 Å². The van der Waals surface area contributed by atoms with Crippen molar-refractivity contribution in [3.05, 3.63) is 24.3 Å². The average Bonchev–Trinajstić information content (AvgIpc) is 2.87. The predicted octanol–water partition coefficient (Wildman–Crippen LogP) is -0.282. The maximum absolute atomic E-state index is 11.8. The number of hydrogen-bond acceptors (Lipinski definition) is 6. The Morgan fingerprint density at radius 3 is 2.86 bits per heavy atom. The molecule has 1 saturated heterocycles. The molecule has 0 radical (unpaired) electrons. The van der Waals surface area contributed by atoms with Gasteiger partial charge >= 0.3 is 0 Å². The SMILES string of the molecule is Nc1ccccc1OCCS(=O)(=O)NCC1(O)CCOC1. The molecule has 0 bridgehead atoms. The van der Waals surface area contributed by atoms with Crippen LogP contribution in [0, 0.1) is 0 Å². The molecule has 2 rings (SSSR count). The fourth-order valence-corrected chi connectivity index (χ4v) is 2.86. The van der Waals surface area contributed by atoms with E-state index in [9.17, 15) is 13.5 Å². The van der Waals surface area contributed by atoms with Crippen LogP contribution in [0.4, 0.5) is 5.69 Å². The zero-order valence-electron chi connectivity index (χ0n) is 11.6. The minimum absolute atomic E-state index is 0.0154. The lowest BCUT2D eigenvalue weighted by Crippen LogP contribution is -2.44. The molecular formula is C13H20N2O5S. The second kappa shape index (κ2) is 6.61. The summed E-state index contributed by atoms with van der Waals surface area (Å²) in [7, 11) is -3.52. The summed E-state index contributed by atoms with van der Waals surface area (Å²) in [5.74, 6) is 0.244. The van der Waals surface area contributed by atoms with Gasteiger partial charge in [0.2, 0.25) is 10.0 Å². The third-order valence-corrected chi connectivity index (χ3v) is 4.52. The van der Waals surface area contributed by atoms with Gasteiger partial charge in [0, 0.05) is 19.6 Å². The topological polar surface area (TPSA) is 111 Å². The number of rotatable bonds is 7. The molecule has 0 aromatic heterocycles. The summed E-state index contributed by atoms with van der Waals surface area (Å²) >= 11 is 0. The highest BCUT2D eigenvalue weighted by Gasteiger charge is 2.33. The molecule has 1 aliphatic heterocycles. The van der Waals surface area contributed by atoms with Crippen molar-refractivity contribution in [3.63, 3.8) is 0 Å². The standard InChI is InChI=1S/C13H20N2O5S/c14-11-3-1-2-4-12(11)20-7-8-21(17,18)15-9-13(16)5-6-19-10-13/h1-4,15-16H,5-10,14H2. The van der Waals surface area contributed by atoms with E-state index in [2.05, 4.69) is 4.72 Å². The minimum atomic E-state index is -3.52. The minimum Gasteiger partial charge on any atom is -0.490 e. The van der Waals surface area contributed by atoms with Gasteiger partial charge in [-0.1, -0.05) is 12.1 Å². The van der Waals surface area contributed by atoms with Crippen LogP contribution in [-0.2, 0) is 14.8 Å². The highest BCUT2D eigenvalue weighted by molar-refractivity contribution is 7.89. The first kappa shape index (κ1) is 16.0. The Morgan fingerprint density at radius 1 is 1.43 bits per heavy atom. The number of sulfonamides is 1. The second-order valence-corrected chi connectivity index (χ2v) is 6.98. The fraction of sp³-hybridized carbons (Fsp3) is 0.538. The molecule has 1 heterocycles. The van der Waals surface area contributed by atoms with Gasteiger partial charge in [-0.2, -0.15) is 0 Å². The van der Waals surface area contributed by atoms with Crippen LogP contribution in [0.25, 0.3) is 0 Å². The average molecular weight is 316 g/mol. The molecule has 0 amide bonds. The Bertz CT molecular complexity index is 570. The summed E-state index contributed by atoms with van der Waals surface area (Å²) in [6, 6.07) is 6.88. The lowest BCUT2D eigenvalue weighted by Gasteiger charge is -2.20. The van der Waals surface area contributed by atoms with Crippen LogP contribution in [-0.4, -0.2) is 51.2 Å². The summed E-state index contributed by atoms with van der Waals surface area (Å²) in [6.07, 6.45) is 0.423. The largest absolute Gasteiger partial charge is 0.490 e. The normalized spacial score (nSPS) is 22.3. The number of anilines is 1. The van der Waals surface area contributed by atoms with Crippen molar-refractivity contribution in [2.24, 2.45) is 0 Å². The van der Waals surface area contributed by atoms with Crippen LogP contribution in [0.15, 0.2) is 24.3 Å². The third-order valence-electron chi connectivity index (χ3n) is 3.23. The van der Waals surface area contributed by atoms with E-state index in [1.807, 2.05) is 0 Å². The van der Waals surface area contributed by atoms with Gasteiger partial charge in [-0.15, -0.1) is 0 Å². The predicted molar refractivity (Wildman–Crippen MR) is 78.5 cm³/mol. The number of para-hydroxylation sites is 2. The monoisotopic (exact) mass is 316 g/mol. The van der Waals surface area contributed by atoms with Gasteiger partial charge in [0.25, 0.3) is 0 Å². The Labute approximate surface area is 124 Å². The molecule has 7 nitrogen and oxygen atoms in total. The number of nitrogens with two attached hydrogens (primary N) is 1. The van der Waals surface area contributed by atoms with E-state index < -0.39 is 15.6 Å². The number of nitrogens with one attached hydrogen (secondary N) is 1. The lowest BCUT2D eigenvalue weighted by molar-refractivity contribution is 0.0314. The number of ether oxygens (including phenoxy) is 2. The number of nitrogen functional groups attached to an aromatic ring is 1. The summed E-state index contributed by atoms with van der Waals surface area (Å²) in [5.41, 5.74) is 5.04. The Balaban J connectivity index is 1.77. The molecule has 1 fully saturated rings. The van der Waals surface area contributed by atoms with Crippen molar-refractivity contribution < 1.29 is 23.0 Å². The van der Waals surface area contributed by atoms with Crippen LogP contribution in [0.5, 0.6) is 5.75 Å². The lowest BCUT2D eigenvalue weighted by atomic mass is 10.1. The van der Waals surface area contributed by atoms with E-state index in [4.69, 9.17) is 15.2 Å². The Kier molecular flexibility index (Phi) is 5.04. The third kappa shape index (κ3) is 4.85. The summed E-state index contributed by atoms with van der Waals surface area (Å²) in [5, 5.41) is 9.99. The molecule has 1 unspecified atom stereocenters. The van der Waals surface area contributed by atoms with Gasteiger partial charge < -0.3 is 20.3 Å². The van der Waals surface area contributed by atoms with Gasteiger partial charge in [0.05, 0.1) is 18.0 Å². The van der Waals surface area contributed by atoms with Crippen molar-refractivity contribution in [3.8, 4) is 5.75 Å². The number of aliphatic hydroxyl groups is 1. The van der Waals surface area contributed by atoms with Crippen molar-refractivity contribution in [2.75, 3.05) is 37.9 Å². The Morgan fingerprint density at radius 2 is 2.19 bits per heavy atom.